The number of nitro benzene ring substituents is 1. The monoisotopic (exact) mass is 350 g/mol. The van der Waals surface area contributed by atoms with E-state index in [9.17, 15) is 19.3 Å². The number of hydrogen-bond acceptors (Lipinski definition) is 6. The van der Waals surface area contributed by atoms with Gasteiger partial charge in [-0.15, -0.1) is 0 Å². The molecule has 25 heavy (non-hydrogen) atoms. The molecule has 1 fully saturated rings. The summed E-state index contributed by atoms with van der Waals surface area (Å²) >= 11 is 0. The van der Waals surface area contributed by atoms with Crippen molar-refractivity contribution in [2.45, 2.75) is 0 Å². The van der Waals surface area contributed by atoms with Crippen LogP contribution in [-0.2, 0) is 11.8 Å². The molecule has 1 amide bonds. The van der Waals surface area contributed by atoms with Crippen molar-refractivity contribution in [3.8, 4) is 11.6 Å². The molecule has 0 N–H and O–H groups in total. The van der Waals surface area contributed by atoms with E-state index in [0.717, 1.165) is 18.2 Å². The number of non-ortho nitro benzene ring substituents is 1. The molecule has 1 aliphatic heterocycles. The quantitative estimate of drug-likeness (QED) is 0.615. The number of aryl methyl sites for hydroxylation is 1. The minimum absolute atomic E-state index is 0.143. The van der Waals surface area contributed by atoms with Gasteiger partial charge in [-0.05, 0) is 6.07 Å². The summed E-state index contributed by atoms with van der Waals surface area (Å²) < 4.78 is 25.8. The van der Waals surface area contributed by atoms with Gasteiger partial charge in [-0.2, -0.15) is 5.10 Å². The van der Waals surface area contributed by atoms with Gasteiger partial charge in [-0.25, -0.2) is 9.07 Å². The number of benzene rings is 1. The lowest BCUT2D eigenvalue weighted by Gasteiger charge is -2.25. The molecular formula is C15H15FN4O5. The van der Waals surface area contributed by atoms with Crippen LogP contribution in [0.2, 0.25) is 0 Å². The van der Waals surface area contributed by atoms with Gasteiger partial charge in [0.25, 0.3) is 11.6 Å². The Bertz CT molecular complexity index is 816. The van der Waals surface area contributed by atoms with Gasteiger partial charge < -0.3 is 14.4 Å². The van der Waals surface area contributed by atoms with E-state index in [0.29, 0.717) is 26.3 Å². The van der Waals surface area contributed by atoms with Crippen molar-refractivity contribution in [1.29, 1.82) is 0 Å². The first-order chi connectivity index (χ1) is 12.0. The van der Waals surface area contributed by atoms with E-state index >= 15 is 0 Å². The number of morpholine rings is 1. The van der Waals surface area contributed by atoms with Crippen LogP contribution in [0.15, 0.2) is 24.3 Å². The predicted octanol–water partition coefficient (Wildman–Crippen LogP) is 1.73. The molecule has 0 spiro atoms. The second-order valence-corrected chi connectivity index (χ2v) is 5.37. The van der Waals surface area contributed by atoms with Crippen LogP contribution in [0.3, 0.4) is 0 Å². The number of nitro groups is 1. The number of ether oxygens (including phenoxy) is 2. The maximum atomic E-state index is 13.9. The zero-order chi connectivity index (χ0) is 18.0. The third kappa shape index (κ3) is 3.58. The Morgan fingerprint density at radius 3 is 2.72 bits per heavy atom. The molecule has 1 saturated heterocycles. The normalized spacial score (nSPS) is 14.4. The maximum absolute atomic E-state index is 13.9. The highest BCUT2D eigenvalue weighted by Crippen LogP contribution is 2.28. The van der Waals surface area contributed by atoms with Crippen LogP contribution in [0.5, 0.6) is 11.6 Å². The van der Waals surface area contributed by atoms with Crippen molar-refractivity contribution in [2.24, 2.45) is 7.05 Å². The average molecular weight is 350 g/mol. The second-order valence-electron chi connectivity index (χ2n) is 5.37. The first kappa shape index (κ1) is 16.8. The third-order valence-corrected chi connectivity index (χ3v) is 3.70. The summed E-state index contributed by atoms with van der Waals surface area (Å²) in [4.78, 5) is 23.9. The molecular weight excluding hydrogens is 335 g/mol. The standard InChI is InChI=1S/C15H15FN4O5/c1-18-14(25-13-3-2-10(20(22)23)8-11(13)16)9-12(17-18)15(21)19-4-6-24-7-5-19/h2-3,8-9H,4-7H2,1H3. The summed E-state index contributed by atoms with van der Waals surface area (Å²) in [5.74, 6) is -1.20. The predicted molar refractivity (Wildman–Crippen MR) is 83.1 cm³/mol. The molecule has 2 heterocycles. The second kappa shape index (κ2) is 6.85. The number of hydrogen-bond donors (Lipinski definition) is 0. The lowest BCUT2D eigenvalue weighted by Crippen LogP contribution is -2.40. The zero-order valence-electron chi connectivity index (χ0n) is 13.3. The van der Waals surface area contributed by atoms with Crippen molar-refractivity contribution in [3.63, 3.8) is 0 Å². The number of carbonyl (C=O) groups excluding carboxylic acids is 1. The Balaban J connectivity index is 1.79. The van der Waals surface area contributed by atoms with E-state index in [1.165, 1.54) is 10.7 Å². The highest BCUT2D eigenvalue weighted by Gasteiger charge is 2.23. The lowest BCUT2D eigenvalue weighted by atomic mass is 10.3. The van der Waals surface area contributed by atoms with E-state index < -0.39 is 10.7 Å². The molecule has 1 aromatic heterocycles. The summed E-state index contributed by atoms with van der Waals surface area (Å²) in [5, 5.41) is 14.7. The molecule has 0 unspecified atom stereocenters. The number of halogens is 1. The van der Waals surface area contributed by atoms with E-state index in [1.54, 1.807) is 11.9 Å². The number of carbonyl (C=O) groups is 1. The van der Waals surface area contributed by atoms with E-state index in [4.69, 9.17) is 9.47 Å². The summed E-state index contributed by atoms with van der Waals surface area (Å²) in [7, 11) is 1.55. The summed E-state index contributed by atoms with van der Waals surface area (Å²) in [6.07, 6.45) is 0. The van der Waals surface area contributed by atoms with Gasteiger partial charge in [0.1, 0.15) is 0 Å². The number of amides is 1. The summed E-state index contributed by atoms with van der Waals surface area (Å²) in [6, 6.07) is 4.46. The summed E-state index contributed by atoms with van der Waals surface area (Å²) in [5.41, 5.74) is -0.209. The minimum atomic E-state index is -0.878. The van der Waals surface area contributed by atoms with Crippen molar-refractivity contribution in [3.05, 3.63) is 45.9 Å². The number of nitrogens with zero attached hydrogens (tertiary/aromatic N) is 4. The Kier molecular flexibility index (Phi) is 4.61. The van der Waals surface area contributed by atoms with Gasteiger partial charge in [0.05, 0.1) is 24.2 Å². The molecule has 1 aromatic carbocycles. The molecule has 0 saturated carbocycles. The van der Waals surface area contributed by atoms with Crippen LogP contribution in [0.1, 0.15) is 10.5 Å². The lowest BCUT2D eigenvalue weighted by molar-refractivity contribution is -0.385. The van der Waals surface area contributed by atoms with Gasteiger partial charge in [0.15, 0.2) is 17.3 Å². The first-order valence-corrected chi connectivity index (χ1v) is 7.48. The zero-order valence-corrected chi connectivity index (χ0v) is 13.3. The van der Waals surface area contributed by atoms with Crippen LogP contribution in [0.4, 0.5) is 10.1 Å². The highest BCUT2D eigenvalue weighted by molar-refractivity contribution is 5.92. The van der Waals surface area contributed by atoms with Crippen molar-refractivity contribution < 1.29 is 23.6 Å². The van der Waals surface area contributed by atoms with Gasteiger partial charge in [0, 0.05) is 32.3 Å². The van der Waals surface area contributed by atoms with Crippen molar-refractivity contribution >= 4 is 11.6 Å². The molecule has 0 bridgehead atoms. The van der Waals surface area contributed by atoms with Gasteiger partial charge in [-0.3, -0.25) is 14.9 Å². The molecule has 10 heteroatoms. The first-order valence-electron chi connectivity index (χ1n) is 7.48. The Labute approximate surface area is 141 Å². The molecule has 0 atom stereocenters. The van der Waals surface area contributed by atoms with Crippen LogP contribution in [-0.4, -0.2) is 51.8 Å². The maximum Gasteiger partial charge on any atom is 0.274 e. The smallest absolute Gasteiger partial charge is 0.274 e. The molecule has 3 rings (SSSR count). The van der Waals surface area contributed by atoms with Gasteiger partial charge in [-0.1, -0.05) is 0 Å². The molecule has 1 aliphatic rings. The Morgan fingerprint density at radius 2 is 2.08 bits per heavy atom. The van der Waals surface area contributed by atoms with Gasteiger partial charge >= 0.3 is 0 Å². The van der Waals surface area contributed by atoms with E-state index in [2.05, 4.69) is 5.10 Å². The minimum Gasteiger partial charge on any atom is -0.436 e. The topological polar surface area (TPSA) is 99.7 Å². The molecule has 0 radical (unpaired) electrons. The van der Waals surface area contributed by atoms with E-state index in [-0.39, 0.29) is 28.9 Å². The van der Waals surface area contributed by atoms with Crippen LogP contribution in [0.25, 0.3) is 0 Å². The third-order valence-electron chi connectivity index (χ3n) is 3.70. The SMILES string of the molecule is Cn1nc(C(=O)N2CCOCC2)cc1Oc1ccc([N+](=O)[O-])cc1F. The number of rotatable bonds is 4. The molecule has 0 aliphatic carbocycles. The van der Waals surface area contributed by atoms with Crippen LogP contribution in [0, 0.1) is 15.9 Å². The van der Waals surface area contributed by atoms with Crippen LogP contribution >= 0.6 is 0 Å². The Hall–Kier alpha value is -3.01. The molecule has 9 nitrogen and oxygen atoms in total. The number of aromatic nitrogens is 2. The highest BCUT2D eigenvalue weighted by atomic mass is 19.1. The molecule has 2 aromatic rings. The molecule has 132 valence electrons. The van der Waals surface area contributed by atoms with Crippen molar-refractivity contribution in [2.75, 3.05) is 26.3 Å². The summed E-state index contributed by atoms with van der Waals surface area (Å²) in [6.45, 7) is 1.89. The fourth-order valence-corrected chi connectivity index (χ4v) is 2.38. The largest absolute Gasteiger partial charge is 0.436 e. The van der Waals surface area contributed by atoms with E-state index in [1.807, 2.05) is 0 Å². The average Bonchev–Trinajstić information content (AvgIpc) is 2.97. The van der Waals surface area contributed by atoms with Gasteiger partial charge in [0.2, 0.25) is 5.88 Å². The fourth-order valence-electron chi connectivity index (χ4n) is 2.38. The van der Waals surface area contributed by atoms with Crippen LogP contribution < -0.4 is 4.74 Å². The van der Waals surface area contributed by atoms with Crippen molar-refractivity contribution in [1.82, 2.24) is 14.7 Å². The Morgan fingerprint density at radius 1 is 1.36 bits per heavy atom. The fraction of sp³-hybridized carbons (Fsp3) is 0.333.